The number of rotatable bonds is 1. The molecule has 0 bridgehead atoms. The summed E-state index contributed by atoms with van der Waals surface area (Å²) in [6.45, 7) is 0. The molecule has 12 heavy (non-hydrogen) atoms. The van der Waals surface area contributed by atoms with E-state index in [0.29, 0.717) is 17.5 Å². The molecule has 0 aliphatic heterocycles. The van der Waals surface area contributed by atoms with Gasteiger partial charge in [-0.05, 0) is 11.3 Å². The highest BCUT2D eigenvalue weighted by Crippen LogP contribution is 2.10. The number of carbonyl (C=O) groups excluding carboxylic acids is 1. The second kappa shape index (κ2) is 2.65. The quantitative estimate of drug-likeness (QED) is 0.578. The topological polar surface area (TPSA) is 55.7 Å². The first-order valence-corrected chi connectivity index (χ1v) is 3.45. The van der Waals surface area contributed by atoms with Gasteiger partial charge in [-0.1, -0.05) is 18.2 Å². The third-order valence-corrected chi connectivity index (χ3v) is 1.60. The third-order valence-electron chi connectivity index (χ3n) is 1.60. The van der Waals surface area contributed by atoms with Gasteiger partial charge in [0, 0.05) is 5.39 Å². The summed E-state index contributed by atoms with van der Waals surface area (Å²) in [5, 5.41) is 11.6. The van der Waals surface area contributed by atoms with Crippen molar-refractivity contribution < 1.29 is 4.79 Å². The molecule has 0 atom stereocenters. The molecule has 0 saturated carbocycles. The van der Waals surface area contributed by atoms with Crippen molar-refractivity contribution in [3.05, 3.63) is 30.0 Å². The smallest absolute Gasteiger partial charge is 0.171 e. The van der Waals surface area contributed by atoms with Crippen LogP contribution in [0.15, 0.2) is 24.3 Å². The molecule has 4 heteroatoms. The maximum atomic E-state index is 10.5. The SMILES string of the molecule is O=Cc1nnnc2ccccc12. The van der Waals surface area contributed by atoms with Crippen LogP contribution in [0.1, 0.15) is 10.5 Å². The maximum Gasteiger partial charge on any atom is 0.171 e. The van der Waals surface area contributed by atoms with Crippen molar-refractivity contribution in [1.82, 2.24) is 15.4 Å². The molecule has 0 unspecified atom stereocenters. The van der Waals surface area contributed by atoms with Crippen LogP contribution in [-0.2, 0) is 0 Å². The molecule has 2 aromatic rings. The summed E-state index contributed by atoms with van der Waals surface area (Å²) < 4.78 is 0. The van der Waals surface area contributed by atoms with E-state index in [9.17, 15) is 4.79 Å². The molecule has 0 aliphatic carbocycles. The molecule has 0 radical (unpaired) electrons. The molecule has 0 aliphatic rings. The van der Waals surface area contributed by atoms with Crippen LogP contribution in [0.2, 0.25) is 0 Å². The number of nitrogens with zero attached hydrogens (tertiary/aromatic N) is 3. The minimum absolute atomic E-state index is 0.334. The number of benzene rings is 1. The predicted octanol–water partition coefficient (Wildman–Crippen LogP) is 0.837. The highest BCUT2D eigenvalue weighted by atomic mass is 16.1. The minimum atomic E-state index is 0.334. The average molecular weight is 159 g/mol. The van der Waals surface area contributed by atoms with Gasteiger partial charge in [0.05, 0.1) is 5.52 Å². The van der Waals surface area contributed by atoms with Gasteiger partial charge in [0.1, 0.15) is 5.69 Å². The molecular weight excluding hydrogens is 154 g/mol. The molecule has 1 heterocycles. The number of aromatic nitrogens is 3. The zero-order valence-corrected chi connectivity index (χ0v) is 6.14. The Bertz CT molecular complexity index is 422. The van der Waals surface area contributed by atoms with Crippen LogP contribution >= 0.6 is 0 Å². The van der Waals surface area contributed by atoms with Gasteiger partial charge in [0.2, 0.25) is 0 Å². The first-order chi connectivity index (χ1) is 5.92. The molecule has 1 aromatic heterocycles. The van der Waals surface area contributed by atoms with Crippen LogP contribution in [-0.4, -0.2) is 21.7 Å². The molecule has 0 N–H and O–H groups in total. The van der Waals surface area contributed by atoms with E-state index in [1.807, 2.05) is 12.1 Å². The lowest BCUT2D eigenvalue weighted by atomic mass is 10.2. The number of hydrogen-bond acceptors (Lipinski definition) is 4. The van der Waals surface area contributed by atoms with Crippen LogP contribution in [0.25, 0.3) is 10.9 Å². The highest BCUT2D eigenvalue weighted by molar-refractivity contribution is 5.93. The first kappa shape index (κ1) is 6.84. The van der Waals surface area contributed by atoms with Crippen LogP contribution in [0.4, 0.5) is 0 Å². The zero-order chi connectivity index (χ0) is 8.39. The molecular formula is C8H5N3O. The van der Waals surface area contributed by atoms with E-state index in [4.69, 9.17) is 0 Å². The van der Waals surface area contributed by atoms with Crippen molar-refractivity contribution in [3.63, 3.8) is 0 Å². The van der Waals surface area contributed by atoms with Crippen molar-refractivity contribution in [2.24, 2.45) is 0 Å². The Morgan fingerprint density at radius 1 is 1.17 bits per heavy atom. The first-order valence-electron chi connectivity index (χ1n) is 3.45. The van der Waals surface area contributed by atoms with Gasteiger partial charge in [-0.2, -0.15) is 0 Å². The van der Waals surface area contributed by atoms with Gasteiger partial charge in [-0.3, -0.25) is 4.79 Å². The molecule has 58 valence electrons. The van der Waals surface area contributed by atoms with Gasteiger partial charge in [-0.25, -0.2) is 0 Å². The number of hydrogen-bond donors (Lipinski definition) is 0. The molecule has 4 nitrogen and oxygen atoms in total. The fraction of sp³-hybridized carbons (Fsp3) is 0. The number of carbonyl (C=O) groups is 1. The highest BCUT2D eigenvalue weighted by Gasteiger charge is 2.00. The molecule has 2 rings (SSSR count). The van der Waals surface area contributed by atoms with Crippen LogP contribution in [0.5, 0.6) is 0 Å². The van der Waals surface area contributed by atoms with E-state index in [0.717, 1.165) is 5.39 Å². The van der Waals surface area contributed by atoms with E-state index in [1.54, 1.807) is 12.1 Å². The molecule has 1 aromatic carbocycles. The summed E-state index contributed by atoms with van der Waals surface area (Å²) in [5.41, 5.74) is 1.02. The average Bonchev–Trinajstić information content (AvgIpc) is 2.17. The fourth-order valence-electron chi connectivity index (χ4n) is 1.04. The normalized spacial score (nSPS) is 10.0. The van der Waals surface area contributed by atoms with Crippen molar-refractivity contribution in [1.29, 1.82) is 0 Å². The van der Waals surface area contributed by atoms with E-state index < -0.39 is 0 Å². The molecule has 0 amide bonds. The van der Waals surface area contributed by atoms with Crippen LogP contribution < -0.4 is 0 Å². The van der Waals surface area contributed by atoms with E-state index in [2.05, 4.69) is 15.4 Å². The van der Waals surface area contributed by atoms with Gasteiger partial charge in [0.25, 0.3) is 0 Å². The van der Waals surface area contributed by atoms with Crippen LogP contribution in [0.3, 0.4) is 0 Å². The summed E-state index contributed by atoms with van der Waals surface area (Å²) in [6.07, 6.45) is 0.678. The van der Waals surface area contributed by atoms with Crippen molar-refractivity contribution in [2.45, 2.75) is 0 Å². The Morgan fingerprint density at radius 3 is 2.83 bits per heavy atom. The Morgan fingerprint density at radius 2 is 2.00 bits per heavy atom. The molecule has 0 saturated heterocycles. The third kappa shape index (κ3) is 0.934. The Balaban J connectivity index is 2.88. The van der Waals surface area contributed by atoms with Crippen molar-refractivity contribution >= 4 is 17.2 Å². The standard InChI is InChI=1S/C8H5N3O/c12-5-8-6-3-1-2-4-7(6)9-11-10-8/h1-5H. The number of aldehydes is 1. The minimum Gasteiger partial charge on any atom is -0.296 e. The fourth-order valence-corrected chi connectivity index (χ4v) is 1.04. The summed E-state index contributed by atoms with van der Waals surface area (Å²) in [6, 6.07) is 7.25. The summed E-state index contributed by atoms with van der Waals surface area (Å²) in [5.74, 6) is 0. The van der Waals surface area contributed by atoms with Gasteiger partial charge < -0.3 is 0 Å². The maximum absolute atomic E-state index is 10.5. The summed E-state index contributed by atoms with van der Waals surface area (Å²) in [7, 11) is 0. The molecule has 0 spiro atoms. The Hall–Kier alpha value is -1.84. The number of fused-ring (bicyclic) bond motifs is 1. The van der Waals surface area contributed by atoms with Crippen molar-refractivity contribution in [3.8, 4) is 0 Å². The Kier molecular flexibility index (Phi) is 1.51. The predicted molar refractivity (Wildman–Crippen MR) is 42.7 cm³/mol. The largest absolute Gasteiger partial charge is 0.296 e. The van der Waals surface area contributed by atoms with Crippen molar-refractivity contribution in [2.75, 3.05) is 0 Å². The van der Waals surface area contributed by atoms with E-state index >= 15 is 0 Å². The zero-order valence-electron chi connectivity index (χ0n) is 6.14. The monoisotopic (exact) mass is 159 g/mol. The second-order valence-electron chi connectivity index (χ2n) is 2.31. The second-order valence-corrected chi connectivity index (χ2v) is 2.31. The van der Waals surface area contributed by atoms with Gasteiger partial charge >= 0.3 is 0 Å². The van der Waals surface area contributed by atoms with Gasteiger partial charge in [0.15, 0.2) is 6.29 Å². The lowest BCUT2D eigenvalue weighted by molar-refractivity contribution is 0.111. The summed E-state index contributed by atoms with van der Waals surface area (Å²) in [4.78, 5) is 10.5. The van der Waals surface area contributed by atoms with E-state index in [-0.39, 0.29) is 0 Å². The lowest BCUT2D eigenvalue weighted by Gasteiger charge is -1.94. The van der Waals surface area contributed by atoms with Crippen LogP contribution in [0, 0.1) is 0 Å². The Labute approximate surface area is 68.2 Å². The lowest BCUT2D eigenvalue weighted by Crippen LogP contribution is -1.95. The summed E-state index contributed by atoms with van der Waals surface area (Å²) >= 11 is 0. The molecule has 0 fully saturated rings. The van der Waals surface area contributed by atoms with E-state index in [1.165, 1.54) is 0 Å². The van der Waals surface area contributed by atoms with Gasteiger partial charge in [-0.15, -0.1) is 10.2 Å².